The van der Waals surface area contributed by atoms with Gasteiger partial charge in [0.05, 0.1) is 12.8 Å². The van der Waals surface area contributed by atoms with Gasteiger partial charge in [-0.15, -0.1) is 0 Å². The molecule has 0 saturated carbocycles. The van der Waals surface area contributed by atoms with Crippen molar-refractivity contribution >= 4 is 11.6 Å². The summed E-state index contributed by atoms with van der Waals surface area (Å²) in [4.78, 5) is 19.1. The number of ether oxygens (including phenoxy) is 1. The van der Waals surface area contributed by atoms with E-state index in [1.807, 2.05) is 32.0 Å². The van der Waals surface area contributed by atoms with Crippen LogP contribution in [0.3, 0.4) is 0 Å². The monoisotopic (exact) mass is 357 g/mol. The summed E-state index contributed by atoms with van der Waals surface area (Å²) in [5.41, 5.74) is 1.82. The molecular weight excluding hydrogens is 330 g/mol. The molecule has 140 valence electrons. The molecule has 0 unspecified atom stereocenters. The van der Waals surface area contributed by atoms with Gasteiger partial charge in [-0.3, -0.25) is 9.89 Å². The van der Waals surface area contributed by atoms with Crippen LogP contribution in [0.2, 0.25) is 0 Å². The number of amides is 1. The van der Waals surface area contributed by atoms with Crippen LogP contribution >= 0.6 is 0 Å². The highest BCUT2D eigenvalue weighted by Crippen LogP contribution is 2.26. The summed E-state index contributed by atoms with van der Waals surface area (Å²) in [5.74, 6) is 2.91. The summed E-state index contributed by atoms with van der Waals surface area (Å²) < 4.78 is 5.31. The van der Waals surface area contributed by atoms with Crippen LogP contribution in [0.4, 0.5) is 5.69 Å². The Balaban J connectivity index is 1.45. The molecule has 0 spiro atoms. The van der Waals surface area contributed by atoms with Gasteiger partial charge in [0.1, 0.15) is 11.6 Å². The van der Waals surface area contributed by atoms with Gasteiger partial charge in [0, 0.05) is 18.9 Å². The van der Waals surface area contributed by atoms with E-state index in [-0.39, 0.29) is 5.91 Å². The lowest BCUT2D eigenvalue weighted by Gasteiger charge is -2.30. The number of benzene rings is 1. The Kier molecular flexibility index (Phi) is 5.88. The van der Waals surface area contributed by atoms with E-state index in [1.165, 1.54) is 0 Å². The van der Waals surface area contributed by atoms with Gasteiger partial charge in [-0.2, -0.15) is 5.10 Å². The van der Waals surface area contributed by atoms with Crippen molar-refractivity contribution < 1.29 is 9.53 Å². The molecule has 7 heteroatoms. The Morgan fingerprint density at radius 3 is 2.77 bits per heavy atom. The van der Waals surface area contributed by atoms with E-state index in [4.69, 9.17) is 4.74 Å². The fourth-order valence-electron chi connectivity index (χ4n) is 3.35. The minimum absolute atomic E-state index is 0.0145. The lowest BCUT2D eigenvalue weighted by molar-refractivity contribution is -0.116. The summed E-state index contributed by atoms with van der Waals surface area (Å²) in [6.45, 7) is 6.63. The Morgan fingerprint density at radius 2 is 2.12 bits per heavy atom. The molecule has 1 aromatic carbocycles. The summed E-state index contributed by atoms with van der Waals surface area (Å²) in [6.07, 6.45) is 2.54. The average Bonchev–Trinajstić information content (AvgIpc) is 3.07. The van der Waals surface area contributed by atoms with Crippen LogP contribution in [-0.4, -0.2) is 52.7 Å². The number of hydrogen-bond acceptors (Lipinski definition) is 5. The molecule has 0 aliphatic carbocycles. The zero-order valence-corrected chi connectivity index (χ0v) is 15.7. The number of nitrogens with one attached hydrogen (secondary N) is 2. The lowest BCUT2D eigenvalue weighted by atomic mass is 9.96. The number of aryl methyl sites for hydroxylation is 2. The Hall–Kier alpha value is -2.41. The Labute approximate surface area is 154 Å². The predicted molar refractivity (Wildman–Crippen MR) is 101 cm³/mol. The summed E-state index contributed by atoms with van der Waals surface area (Å²) in [5, 5.41) is 10.2. The molecule has 1 aromatic heterocycles. The van der Waals surface area contributed by atoms with Crippen LogP contribution in [-0.2, 0) is 4.79 Å². The third-order valence-electron chi connectivity index (χ3n) is 4.85. The number of likely N-dealkylation sites (tertiary alicyclic amines) is 1. The Bertz CT molecular complexity index is 750. The van der Waals surface area contributed by atoms with Crippen LogP contribution in [0.1, 0.15) is 42.4 Å². The molecule has 0 bridgehead atoms. The second kappa shape index (κ2) is 8.31. The number of H-pyrrole nitrogens is 1. The van der Waals surface area contributed by atoms with Gasteiger partial charge in [-0.1, -0.05) is 6.07 Å². The van der Waals surface area contributed by atoms with Crippen LogP contribution in [0.5, 0.6) is 5.75 Å². The Morgan fingerprint density at radius 1 is 1.35 bits per heavy atom. The van der Waals surface area contributed by atoms with Crippen molar-refractivity contribution in [1.82, 2.24) is 20.1 Å². The summed E-state index contributed by atoms with van der Waals surface area (Å²) in [7, 11) is 1.61. The van der Waals surface area contributed by atoms with Gasteiger partial charge in [0.15, 0.2) is 5.82 Å². The number of aromatic nitrogens is 3. The second-order valence-corrected chi connectivity index (χ2v) is 6.90. The van der Waals surface area contributed by atoms with E-state index in [2.05, 4.69) is 25.4 Å². The first-order valence-electron chi connectivity index (χ1n) is 9.11. The third-order valence-corrected chi connectivity index (χ3v) is 4.85. The molecule has 7 nitrogen and oxygen atoms in total. The average molecular weight is 357 g/mol. The van der Waals surface area contributed by atoms with Crippen molar-refractivity contribution in [2.45, 2.75) is 39.0 Å². The summed E-state index contributed by atoms with van der Waals surface area (Å²) >= 11 is 0. The fourth-order valence-corrected chi connectivity index (χ4v) is 3.35. The first-order valence-corrected chi connectivity index (χ1v) is 9.11. The number of carbonyl (C=O) groups excluding carboxylic acids is 1. The first kappa shape index (κ1) is 18.4. The number of methoxy groups -OCH3 is 1. The molecular formula is C19H27N5O2. The highest BCUT2D eigenvalue weighted by molar-refractivity contribution is 5.92. The minimum atomic E-state index is 0.0145. The quantitative estimate of drug-likeness (QED) is 0.830. The standard InChI is InChI=1S/C19H27N5O2/c1-13-4-5-17(26-3)16(12-13)21-18(25)8-11-24-9-6-15(7-10-24)19-20-14(2)22-23-19/h4-5,12,15H,6-11H2,1-3H3,(H,21,25)(H,20,22,23). The van der Waals surface area contributed by atoms with Crippen LogP contribution in [0.25, 0.3) is 0 Å². The van der Waals surface area contributed by atoms with Crippen molar-refractivity contribution in [3.8, 4) is 5.75 Å². The van der Waals surface area contributed by atoms with Gasteiger partial charge < -0.3 is 15.0 Å². The number of piperidine rings is 1. The molecule has 3 rings (SSSR count). The third kappa shape index (κ3) is 4.60. The van der Waals surface area contributed by atoms with Crippen molar-refractivity contribution in [3.63, 3.8) is 0 Å². The van der Waals surface area contributed by atoms with E-state index in [1.54, 1.807) is 7.11 Å². The maximum Gasteiger partial charge on any atom is 0.225 e. The number of carbonyl (C=O) groups is 1. The second-order valence-electron chi connectivity index (χ2n) is 6.90. The zero-order valence-electron chi connectivity index (χ0n) is 15.7. The van der Waals surface area contributed by atoms with Crippen LogP contribution in [0.15, 0.2) is 18.2 Å². The van der Waals surface area contributed by atoms with Crippen molar-refractivity contribution in [2.24, 2.45) is 0 Å². The van der Waals surface area contributed by atoms with Gasteiger partial charge in [0.25, 0.3) is 0 Å². The topological polar surface area (TPSA) is 83.1 Å². The van der Waals surface area contributed by atoms with E-state index < -0.39 is 0 Å². The smallest absolute Gasteiger partial charge is 0.225 e. The fraction of sp³-hybridized carbons (Fsp3) is 0.526. The first-order chi connectivity index (χ1) is 12.5. The lowest BCUT2D eigenvalue weighted by Crippen LogP contribution is -2.35. The maximum atomic E-state index is 12.3. The number of aromatic amines is 1. The molecule has 0 radical (unpaired) electrons. The molecule has 1 aliphatic heterocycles. The SMILES string of the molecule is COc1ccc(C)cc1NC(=O)CCN1CCC(c2n[nH]c(C)n2)CC1. The maximum absolute atomic E-state index is 12.3. The van der Waals surface area contributed by atoms with Gasteiger partial charge >= 0.3 is 0 Å². The van der Waals surface area contributed by atoms with Crippen molar-refractivity contribution in [3.05, 3.63) is 35.4 Å². The van der Waals surface area contributed by atoms with Crippen LogP contribution in [0, 0.1) is 13.8 Å². The normalized spacial score (nSPS) is 15.8. The predicted octanol–water partition coefficient (Wildman–Crippen LogP) is 2.64. The summed E-state index contributed by atoms with van der Waals surface area (Å²) in [6, 6.07) is 5.77. The molecule has 1 fully saturated rings. The van der Waals surface area contributed by atoms with Crippen LogP contribution < -0.4 is 10.1 Å². The molecule has 0 atom stereocenters. The van der Waals surface area contributed by atoms with E-state index in [0.717, 1.165) is 55.4 Å². The number of anilines is 1. The van der Waals surface area contributed by atoms with Gasteiger partial charge in [0.2, 0.25) is 5.91 Å². The van der Waals surface area contributed by atoms with Gasteiger partial charge in [-0.05, 0) is 57.5 Å². The number of rotatable bonds is 6. The largest absolute Gasteiger partial charge is 0.495 e. The van der Waals surface area contributed by atoms with Gasteiger partial charge in [-0.25, -0.2) is 4.98 Å². The molecule has 1 aliphatic rings. The van der Waals surface area contributed by atoms with E-state index >= 15 is 0 Å². The molecule has 1 saturated heterocycles. The molecule has 1 amide bonds. The zero-order chi connectivity index (χ0) is 18.5. The van der Waals surface area contributed by atoms with E-state index in [0.29, 0.717) is 18.1 Å². The van der Waals surface area contributed by atoms with E-state index in [9.17, 15) is 4.79 Å². The van der Waals surface area contributed by atoms with Crippen molar-refractivity contribution in [2.75, 3.05) is 32.1 Å². The molecule has 2 N–H and O–H groups in total. The highest BCUT2D eigenvalue weighted by Gasteiger charge is 2.23. The molecule has 2 aromatic rings. The minimum Gasteiger partial charge on any atom is -0.495 e. The molecule has 26 heavy (non-hydrogen) atoms. The highest BCUT2D eigenvalue weighted by atomic mass is 16.5. The van der Waals surface area contributed by atoms with Crippen molar-refractivity contribution in [1.29, 1.82) is 0 Å². The number of nitrogens with zero attached hydrogens (tertiary/aromatic N) is 3. The number of hydrogen-bond donors (Lipinski definition) is 2. The molecule has 2 heterocycles.